The number of hydrogen-bond donors (Lipinski definition) is 1. The summed E-state index contributed by atoms with van der Waals surface area (Å²) >= 11 is 0. The van der Waals surface area contributed by atoms with Gasteiger partial charge < -0.3 is 24.3 Å². The molecule has 17 heavy (non-hydrogen) atoms. The summed E-state index contributed by atoms with van der Waals surface area (Å²) in [6.07, 6.45) is 1.04. The second-order valence-electron chi connectivity index (χ2n) is 4.61. The predicted molar refractivity (Wildman–Crippen MR) is 65.3 cm³/mol. The van der Waals surface area contributed by atoms with Crippen LogP contribution in [0.25, 0.3) is 0 Å². The Hall–Kier alpha value is 0.0900. The molecule has 4 atom stereocenters. The largest absolute Gasteiger partial charge is 0.349 e. The molecule has 2 heterocycles. The van der Waals surface area contributed by atoms with Crippen LogP contribution in [0.4, 0.5) is 0 Å². The van der Waals surface area contributed by atoms with Gasteiger partial charge in [-0.3, -0.25) is 0 Å². The van der Waals surface area contributed by atoms with Gasteiger partial charge >= 0.3 is 0 Å². The van der Waals surface area contributed by atoms with Crippen molar-refractivity contribution in [1.29, 1.82) is 0 Å². The second-order valence-corrected chi connectivity index (χ2v) is 4.61. The number of nitrogens with one attached hydrogen (secondary N) is 1. The highest BCUT2D eigenvalue weighted by atomic mass is 35.5. The quantitative estimate of drug-likeness (QED) is 0.806. The van der Waals surface area contributed by atoms with Crippen molar-refractivity contribution < 1.29 is 18.9 Å². The smallest absolute Gasteiger partial charge is 0.220 e. The van der Waals surface area contributed by atoms with Gasteiger partial charge in [-0.2, -0.15) is 0 Å². The van der Waals surface area contributed by atoms with Crippen molar-refractivity contribution in [3.63, 3.8) is 0 Å². The van der Waals surface area contributed by atoms with Gasteiger partial charge in [0.25, 0.3) is 0 Å². The van der Waals surface area contributed by atoms with Crippen molar-refractivity contribution >= 4 is 12.4 Å². The summed E-state index contributed by atoms with van der Waals surface area (Å²) in [5.74, 6) is -1.73. The molecule has 0 aromatic rings. The third-order valence-electron chi connectivity index (χ3n) is 3.72. The van der Waals surface area contributed by atoms with Crippen molar-refractivity contribution in [3.8, 4) is 0 Å². The molecular formula is C11H22ClNO4. The molecule has 0 saturated carbocycles. The molecule has 0 aromatic heterocycles. The number of halogens is 1. The summed E-state index contributed by atoms with van der Waals surface area (Å²) in [6, 6.07) is 0. The van der Waals surface area contributed by atoms with Crippen LogP contribution >= 0.6 is 12.4 Å². The van der Waals surface area contributed by atoms with Crippen LogP contribution in [0.1, 0.15) is 20.3 Å². The van der Waals surface area contributed by atoms with Crippen LogP contribution in [0.2, 0.25) is 0 Å². The zero-order valence-corrected chi connectivity index (χ0v) is 11.6. The molecule has 0 aromatic carbocycles. The Labute approximate surface area is 109 Å². The van der Waals surface area contributed by atoms with E-state index in [9.17, 15) is 0 Å². The lowest BCUT2D eigenvalue weighted by atomic mass is 9.99. The topological polar surface area (TPSA) is 49.0 Å². The van der Waals surface area contributed by atoms with E-state index in [0.717, 1.165) is 19.5 Å². The fourth-order valence-electron chi connectivity index (χ4n) is 2.32. The summed E-state index contributed by atoms with van der Waals surface area (Å²) < 4.78 is 22.9. The molecule has 2 saturated heterocycles. The van der Waals surface area contributed by atoms with Crippen LogP contribution in [0, 0.1) is 0 Å². The molecular weight excluding hydrogens is 246 g/mol. The highest BCUT2D eigenvalue weighted by Crippen LogP contribution is 2.40. The molecule has 2 rings (SSSR count). The summed E-state index contributed by atoms with van der Waals surface area (Å²) in [5, 5.41) is 3.29. The molecule has 2 fully saturated rings. The minimum absolute atomic E-state index is 0. The summed E-state index contributed by atoms with van der Waals surface area (Å²) in [7, 11) is 3.22. The maximum absolute atomic E-state index is 6.02. The molecule has 2 aliphatic rings. The van der Waals surface area contributed by atoms with E-state index in [2.05, 4.69) is 5.32 Å². The highest BCUT2D eigenvalue weighted by Gasteiger charge is 2.56. The van der Waals surface area contributed by atoms with Gasteiger partial charge in [0.15, 0.2) is 0 Å². The molecule has 5 nitrogen and oxygen atoms in total. The standard InChI is InChI=1S/C11H21NO4.ClH/c1-10(13-3)11(2,14-4)16-9-7-12-6-5-8(9)15-10;/h8-9,12H,5-7H2,1-4H3;1H. The first-order valence-electron chi connectivity index (χ1n) is 5.71. The maximum Gasteiger partial charge on any atom is 0.220 e. The lowest BCUT2D eigenvalue weighted by Crippen LogP contribution is -2.67. The van der Waals surface area contributed by atoms with E-state index in [-0.39, 0.29) is 24.6 Å². The van der Waals surface area contributed by atoms with Gasteiger partial charge in [0, 0.05) is 20.8 Å². The molecule has 0 bridgehead atoms. The molecule has 0 radical (unpaired) electrons. The van der Waals surface area contributed by atoms with Crippen LogP contribution in [0.5, 0.6) is 0 Å². The average molecular weight is 268 g/mol. The van der Waals surface area contributed by atoms with Crippen molar-refractivity contribution in [2.45, 2.75) is 44.1 Å². The molecule has 2 aliphatic heterocycles. The fourth-order valence-corrected chi connectivity index (χ4v) is 2.32. The predicted octanol–water partition coefficient (Wildman–Crippen LogP) is 0.911. The highest BCUT2D eigenvalue weighted by molar-refractivity contribution is 5.85. The minimum atomic E-state index is -0.873. The molecule has 0 spiro atoms. The molecule has 4 unspecified atom stereocenters. The zero-order chi connectivity index (χ0) is 11.8. The van der Waals surface area contributed by atoms with Gasteiger partial charge in [0.1, 0.15) is 0 Å². The van der Waals surface area contributed by atoms with Gasteiger partial charge in [-0.1, -0.05) is 0 Å². The lowest BCUT2D eigenvalue weighted by molar-refractivity contribution is -0.449. The number of piperidine rings is 1. The first-order chi connectivity index (χ1) is 7.54. The first-order valence-corrected chi connectivity index (χ1v) is 5.71. The van der Waals surface area contributed by atoms with Gasteiger partial charge in [-0.25, -0.2) is 0 Å². The van der Waals surface area contributed by atoms with E-state index in [1.54, 1.807) is 14.2 Å². The van der Waals surface area contributed by atoms with Crippen molar-refractivity contribution in [1.82, 2.24) is 5.32 Å². The number of hydrogen-bond acceptors (Lipinski definition) is 5. The zero-order valence-electron chi connectivity index (χ0n) is 10.8. The van der Waals surface area contributed by atoms with Gasteiger partial charge in [0.05, 0.1) is 12.2 Å². The molecule has 0 aliphatic carbocycles. The average Bonchev–Trinajstić information content (AvgIpc) is 2.30. The van der Waals surface area contributed by atoms with Gasteiger partial charge in [-0.05, 0) is 26.8 Å². The Kier molecular flexibility index (Phi) is 4.80. The molecule has 6 heteroatoms. The summed E-state index contributed by atoms with van der Waals surface area (Å²) in [4.78, 5) is 0. The summed E-state index contributed by atoms with van der Waals surface area (Å²) in [5.41, 5.74) is 0. The van der Waals surface area contributed by atoms with Crippen LogP contribution in [-0.4, -0.2) is 51.1 Å². The van der Waals surface area contributed by atoms with E-state index in [4.69, 9.17) is 18.9 Å². The third-order valence-corrected chi connectivity index (χ3v) is 3.72. The van der Waals surface area contributed by atoms with E-state index >= 15 is 0 Å². The number of rotatable bonds is 2. The second kappa shape index (κ2) is 5.38. The Morgan fingerprint density at radius 2 is 1.59 bits per heavy atom. The van der Waals surface area contributed by atoms with Crippen molar-refractivity contribution in [3.05, 3.63) is 0 Å². The number of fused-ring (bicyclic) bond motifs is 1. The van der Waals surface area contributed by atoms with Gasteiger partial charge in [-0.15, -0.1) is 12.4 Å². The van der Waals surface area contributed by atoms with E-state index in [1.807, 2.05) is 13.8 Å². The SMILES string of the molecule is COC1(C)OC2CCNCC2OC1(C)OC.Cl. The van der Waals surface area contributed by atoms with E-state index in [1.165, 1.54) is 0 Å². The maximum atomic E-state index is 6.02. The Bertz CT molecular complexity index is 242. The molecule has 102 valence electrons. The lowest BCUT2D eigenvalue weighted by Gasteiger charge is -2.53. The normalized spacial score (nSPS) is 45.9. The molecule has 1 N–H and O–H groups in total. The fraction of sp³-hybridized carbons (Fsp3) is 1.00. The Balaban J connectivity index is 0.00000144. The van der Waals surface area contributed by atoms with Crippen LogP contribution in [-0.2, 0) is 18.9 Å². The van der Waals surface area contributed by atoms with E-state index in [0.29, 0.717) is 0 Å². The van der Waals surface area contributed by atoms with Crippen LogP contribution in [0.15, 0.2) is 0 Å². The van der Waals surface area contributed by atoms with Crippen LogP contribution in [0.3, 0.4) is 0 Å². The van der Waals surface area contributed by atoms with Gasteiger partial charge in [0.2, 0.25) is 11.6 Å². The number of ether oxygens (including phenoxy) is 4. The Morgan fingerprint density at radius 3 is 2.12 bits per heavy atom. The number of methoxy groups -OCH3 is 2. The summed E-state index contributed by atoms with van der Waals surface area (Å²) in [6.45, 7) is 5.45. The van der Waals surface area contributed by atoms with Crippen molar-refractivity contribution in [2.24, 2.45) is 0 Å². The monoisotopic (exact) mass is 267 g/mol. The first kappa shape index (κ1) is 15.1. The third kappa shape index (κ3) is 2.45. The van der Waals surface area contributed by atoms with E-state index < -0.39 is 11.6 Å². The molecule has 0 amide bonds. The van der Waals surface area contributed by atoms with Crippen LogP contribution < -0.4 is 5.32 Å². The Morgan fingerprint density at radius 1 is 1.06 bits per heavy atom. The van der Waals surface area contributed by atoms with Crippen molar-refractivity contribution in [2.75, 3.05) is 27.3 Å². The minimum Gasteiger partial charge on any atom is -0.349 e.